The zero-order chi connectivity index (χ0) is 25.6. The lowest BCUT2D eigenvalue weighted by molar-refractivity contribution is -0.132. The van der Waals surface area contributed by atoms with Gasteiger partial charge in [-0.1, -0.05) is 35.1 Å². The zero-order valence-electron chi connectivity index (χ0n) is 19.1. The van der Waals surface area contributed by atoms with Crippen molar-refractivity contribution in [2.75, 3.05) is 25.2 Å². The standard InChI is InChI=1S/C25H19ClN2O7S/c1-12-22(24(32)33-2)36-25(27-12)28-19(13-4-3-5-15(26)10-13)18(21(30)23(28)31)20(29)14-6-7-16-17(11-14)35-9-8-34-16/h3-7,10-11,19,29H,8-9H2,1-2H3/b20-18+. The summed E-state index contributed by atoms with van der Waals surface area (Å²) in [5, 5.41) is 11.8. The van der Waals surface area contributed by atoms with Gasteiger partial charge >= 0.3 is 11.9 Å². The molecule has 1 amide bonds. The summed E-state index contributed by atoms with van der Waals surface area (Å²) in [5.41, 5.74) is 0.954. The number of thiazole rings is 1. The third kappa shape index (κ3) is 3.98. The topological polar surface area (TPSA) is 115 Å². The molecule has 5 rings (SSSR count). The smallest absolute Gasteiger partial charge is 0.350 e. The van der Waals surface area contributed by atoms with Crippen LogP contribution in [0.3, 0.4) is 0 Å². The molecule has 0 spiro atoms. The van der Waals surface area contributed by atoms with Crippen molar-refractivity contribution in [2.45, 2.75) is 13.0 Å². The van der Waals surface area contributed by atoms with E-state index in [1.807, 2.05) is 0 Å². The Bertz CT molecular complexity index is 1450. The number of esters is 1. The Labute approximate surface area is 214 Å². The van der Waals surface area contributed by atoms with Crippen LogP contribution in [-0.2, 0) is 14.3 Å². The number of aliphatic hydroxyl groups is 1. The van der Waals surface area contributed by atoms with Crippen molar-refractivity contribution in [1.82, 2.24) is 4.98 Å². The molecule has 0 radical (unpaired) electrons. The quantitative estimate of drug-likeness (QED) is 0.232. The van der Waals surface area contributed by atoms with E-state index in [-0.39, 0.29) is 26.9 Å². The Kier molecular flexibility index (Phi) is 6.15. The number of ether oxygens (including phenoxy) is 3. The van der Waals surface area contributed by atoms with Crippen LogP contribution >= 0.6 is 22.9 Å². The second-order valence-corrected chi connectivity index (χ2v) is 9.40. The first-order valence-corrected chi connectivity index (χ1v) is 12.0. The van der Waals surface area contributed by atoms with Gasteiger partial charge in [-0.25, -0.2) is 9.78 Å². The Morgan fingerprint density at radius 2 is 1.92 bits per heavy atom. The Balaban J connectivity index is 1.69. The van der Waals surface area contributed by atoms with Crippen molar-refractivity contribution in [3.63, 3.8) is 0 Å². The van der Waals surface area contributed by atoms with Crippen LogP contribution in [0.5, 0.6) is 11.5 Å². The lowest BCUT2D eigenvalue weighted by Gasteiger charge is -2.23. The minimum atomic E-state index is -1.05. The van der Waals surface area contributed by atoms with Gasteiger partial charge < -0.3 is 19.3 Å². The predicted molar refractivity (Wildman–Crippen MR) is 132 cm³/mol. The first-order chi connectivity index (χ1) is 17.3. The van der Waals surface area contributed by atoms with Gasteiger partial charge in [-0.15, -0.1) is 0 Å². The maximum atomic E-state index is 13.3. The van der Waals surface area contributed by atoms with Gasteiger partial charge in [-0.2, -0.15) is 0 Å². The number of anilines is 1. The number of aliphatic hydroxyl groups excluding tert-OH is 1. The first kappa shape index (κ1) is 23.8. The van der Waals surface area contributed by atoms with Gasteiger partial charge in [0.2, 0.25) is 0 Å². The Hall–Kier alpha value is -3.89. The molecular formula is C25H19ClN2O7S. The second-order valence-electron chi connectivity index (χ2n) is 7.99. The van der Waals surface area contributed by atoms with Gasteiger partial charge in [0.05, 0.1) is 24.4 Å². The third-order valence-corrected chi connectivity index (χ3v) is 7.16. The molecule has 0 aliphatic carbocycles. The largest absolute Gasteiger partial charge is 0.507 e. The molecule has 1 unspecified atom stereocenters. The van der Waals surface area contributed by atoms with E-state index in [1.165, 1.54) is 12.0 Å². The summed E-state index contributed by atoms with van der Waals surface area (Å²) in [6.07, 6.45) is 0. The maximum absolute atomic E-state index is 13.3. The van der Waals surface area contributed by atoms with Crippen LogP contribution in [0.1, 0.15) is 32.5 Å². The zero-order valence-corrected chi connectivity index (χ0v) is 20.7. The number of nitrogens with zero attached hydrogens (tertiary/aromatic N) is 2. The summed E-state index contributed by atoms with van der Waals surface area (Å²) in [7, 11) is 1.24. The molecule has 0 saturated carbocycles. The lowest BCUT2D eigenvalue weighted by atomic mass is 9.95. The summed E-state index contributed by atoms with van der Waals surface area (Å²) < 4.78 is 15.9. The molecule has 3 heterocycles. The molecule has 11 heteroatoms. The molecule has 36 heavy (non-hydrogen) atoms. The number of aryl methyl sites for hydroxylation is 1. The molecule has 0 bridgehead atoms. The van der Waals surface area contributed by atoms with Crippen LogP contribution < -0.4 is 14.4 Å². The Morgan fingerprint density at radius 3 is 2.64 bits per heavy atom. The van der Waals surface area contributed by atoms with Crippen LogP contribution in [0.4, 0.5) is 5.13 Å². The highest BCUT2D eigenvalue weighted by molar-refractivity contribution is 7.17. The highest BCUT2D eigenvalue weighted by Crippen LogP contribution is 2.45. The normalized spacial score (nSPS) is 18.4. The van der Waals surface area contributed by atoms with E-state index >= 15 is 0 Å². The van der Waals surface area contributed by atoms with Crippen LogP contribution in [-0.4, -0.2) is 48.1 Å². The molecule has 184 valence electrons. The number of aromatic nitrogens is 1. The van der Waals surface area contributed by atoms with Crippen LogP contribution in [0.25, 0.3) is 5.76 Å². The van der Waals surface area contributed by atoms with Gasteiger partial charge in [0.15, 0.2) is 16.6 Å². The number of ketones is 1. The highest BCUT2D eigenvalue weighted by atomic mass is 35.5. The monoisotopic (exact) mass is 526 g/mol. The number of methoxy groups -OCH3 is 1. The fourth-order valence-electron chi connectivity index (χ4n) is 4.14. The number of halogens is 1. The van der Waals surface area contributed by atoms with E-state index in [0.29, 0.717) is 41.0 Å². The summed E-state index contributed by atoms with van der Waals surface area (Å²) >= 11 is 7.15. The van der Waals surface area contributed by atoms with Crippen LogP contribution in [0.2, 0.25) is 5.02 Å². The van der Waals surface area contributed by atoms with Crippen molar-refractivity contribution in [1.29, 1.82) is 0 Å². The minimum Gasteiger partial charge on any atom is -0.507 e. The number of hydrogen-bond acceptors (Lipinski definition) is 9. The highest BCUT2D eigenvalue weighted by Gasteiger charge is 2.48. The summed E-state index contributed by atoms with van der Waals surface area (Å²) in [6, 6.07) is 10.3. The number of Topliss-reactive ketones (excluding diaryl/α,β-unsaturated/α-hetero) is 1. The van der Waals surface area contributed by atoms with E-state index in [9.17, 15) is 19.5 Å². The number of carbonyl (C=O) groups excluding carboxylic acids is 3. The second kappa shape index (κ2) is 9.29. The van der Waals surface area contributed by atoms with Crippen molar-refractivity contribution in [3.05, 3.63) is 74.8 Å². The maximum Gasteiger partial charge on any atom is 0.350 e. The molecular weight excluding hydrogens is 508 g/mol. The van der Waals surface area contributed by atoms with E-state index in [4.69, 9.17) is 25.8 Å². The fourth-order valence-corrected chi connectivity index (χ4v) is 5.35. The number of carbonyl (C=O) groups is 3. The summed E-state index contributed by atoms with van der Waals surface area (Å²) in [4.78, 5) is 44.5. The number of fused-ring (bicyclic) bond motifs is 1. The van der Waals surface area contributed by atoms with Gasteiger partial charge in [-0.05, 0) is 42.8 Å². The predicted octanol–water partition coefficient (Wildman–Crippen LogP) is 4.29. The van der Waals surface area contributed by atoms with E-state index in [1.54, 1.807) is 49.4 Å². The molecule has 1 N–H and O–H groups in total. The fraction of sp³-hybridized carbons (Fsp3) is 0.200. The van der Waals surface area contributed by atoms with E-state index in [2.05, 4.69) is 4.98 Å². The summed E-state index contributed by atoms with van der Waals surface area (Å²) in [5.74, 6) is -1.87. The lowest BCUT2D eigenvalue weighted by Crippen LogP contribution is -2.29. The average molecular weight is 527 g/mol. The molecule has 1 aromatic heterocycles. The van der Waals surface area contributed by atoms with Crippen molar-refractivity contribution in [3.8, 4) is 11.5 Å². The van der Waals surface area contributed by atoms with Crippen molar-refractivity contribution < 1.29 is 33.7 Å². The molecule has 1 fully saturated rings. The molecule has 9 nitrogen and oxygen atoms in total. The molecule has 1 saturated heterocycles. The number of hydrogen-bond donors (Lipinski definition) is 1. The molecule has 2 aromatic carbocycles. The van der Waals surface area contributed by atoms with Crippen LogP contribution in [0.15, 0.2) is 48.0 Å². The summed E-state index contributed by atoms with van der Waals surface area (Å²) in [6.45, 7) is 2.35. The minimum absolute atomic E-state index is 0.112. The first-order valence-electron chi connectivity index (χ1n) is 10.8. The number of benzene rings is 2. The Morgan fingerprint density at radius 1 is 1.17 bits per heavy atom. The number of rotatable bonds is 4. The van der Waals surface area contributed by atoms with E-state index in [0.717, 1.165) is 11.3 Å². The number of amides is 1. The van der Waals surface area contributed by atoms with Gasteiger partial charge in [0, 0.05) is 10.6 Å². The third-order valence-electron chi connectivity index (χ3n) is 5.79. The molecule has 2 aliphatic rings. The molecule has 3 aromatic rings. The average Bonchev–Trinajstić information content (AvgIpc) is 3.39. The molecule has 2 aliphatic heterocycles. The van der Waals surface area contributed by atoms with Gasteiger partial charge in [-0.3, -0.25) is 14.5 Å². The van der Waals surface area contributed by atoms with Crippen LogP contribution in [0, 0.1) is 6.92 Å². The van der Waals surface area contributed by atoms with E-state index < -0.39 is 23.7 Å². The van der Waals surface area contributed by atoms with Crippen molar-refractivity contribution in [2.24, 2.45) is 0 Å². The molecule has 1 atom stereocenters. The van der Waals surface area contributed by atoms with Gasteiger partial charge in [0.25, 0.3) is 5.78 Å². The van der Waals surface area contributed by atoms with Crippen molar-refractivity contribution >= 4 is 51.5 Å². The van der Waals surface area contributed by atoms with Gasteiger partial charge in [0.1, 0.15) is 23.9 Å². The SMILES string of the molecule is COC(=O)c1sc(N2C(=O)C(=O)/C(=C(/O)c3ccc4c(c3)OCCO4)C2c2cccc(Cl)c2)nc1C.